The van der Waals surface area contributed by atoms with Crippen LogP contribution in [0.5, 0.6) is 0 Å². The molecule has 2 aliphatic rings. The van der Waals surface area contributed by atoms with Crippen molar-refractivity contribution in [2.75, 3.05) is 0 Å². The van der Waals surface area contributed by atoms with Gasteiger partial charge in [-0.05, 0) is 67.6 Å². The number of rotatable bonds is 2. The van der Waals surface area contributed by atoms with Gasteiger partial charge in [0.05, 0.1) is 0 Å². The van der Waals surface area contributed by atoms with Crippen LogP contribution in [0.4, 0.5) is 4.39 Å². The van der Waals surface area contributed by atoms with E-state index in [-0.39, 0.29) is 5.82 Å². The molecule has 0 bridgehead atoms. The van der Waals surface area contributed by atoms with Crippen LogP contribution in [0.1, 0.15) is 95.1 Å². The van der Waals surface area contributed by atoms with E-state index in [9.17, 15) is 4.39 Å². The normalized spacial score (nSPS) is 25.6. The van der Waals surface area contributed by atoms with E-state index < -0.39 is 0 Å². The second-order valence-electron chi connectivity index (χ2n) is 7.73. The fourth-order valence-corrected chi connectivity index (χ4v) is 4.39. The lowest BCUT2D eigenvalue weighted by atomic mass is 9.70. The SMILES string of the molecule is CCC.Cc1ccc(C2CCC(C3CCCCC3)CC2)cc1F. The van der Waals surface area contributed by atoms with Crippen LogP contribution in [0.25, 0.3) is 0 Å². The summed E-state index contributed by atoms with van der Waals surface area (Å²) in [4.78, 5) is 0. The van der Waals surface area contributed by atoms with Crippen LogP contribution in [-0.4, -0.2) is 0 Å². The summed E-state index contributed by atoms with van der Waals surface area (Å²) in [6.07, 6.45) is 13.8. The quantitative estimate of drug-likeness (QED) is 0.532. The summed E-state index contributed by atoms with van der Waals surface area (Å²) in [5, 5.41) is 0. The van der Waals surface area contributed by atoms with Crippen molar-refractivity contribution in [2.24, 2.45) is 11.8 Å². The Kier molecular flexibility index (Phi) is 7.59. The summed E-state index contributed by atoms with van der Waals surface area (Å²) in [5.74, 6) is 2.53. The predicted molar refractivity (Wildman–Crippen MR) is 98.4 cm³/mol. The molecule has 2 aliphatic carbocycles. The van der Waals surface area contributed by atoms with Crippen molar-refractivity contribution in [2.45, 2.75) is 90.9 Å². The van der Waals surface area contributed by atoms with Crippen molar-refractivity contribution in [3.05, 3.63) is 35.1 Å². The van der Waals surface area contributed by atoms with Gasteiger partial charge in [0.15, 0.2) is 0 Å². The van der Waals surface area contributed by atoms with Gasteiger partial charge in [-0.1, -0.05) is 64.5 Å². The maximum Gasteiger partial charge on any atom is 0.126 e. The topological polar surface area (TPSA) is 0 Å². The van der Waals surface area contributed by atoms with Crippen molar-refractivity contribution in [1.82, 2.24) is 0 Å². The van der Waals surface area contributed by atoms with Crippen LogP contribution in [0.15, 0.2) is 18.2 Å². The lowest BCUT2D eigenvalue weighted by molar-refractivity contribution is 0.186. The zero-order valence-corrected chi connectivity index (χ0v) is 15.4. The van der Waals surface area contributed by atoms with Crippen LogP contribution < -0.4 is 0 Å². The fourth-order valence-electron chi connectivity index (χ4n) is 4.39. The Balaban J connectivity index is 0.000000595. The number of halogens is 1. The van der Waals surface area contributed by atoms with Gasteiger partial charge >= 0.3 is 0 Å². The molecule has 0 atom stereocenters. The number of hydrogen-bond donors (Lipinski definition) is 0. The first-order valence-corrected chi connectivity index (χ1v) is 9.91. The monoisotopic (exact) mass is 318 g/mol. The van der Waals surface area contributed by atoms with E-state index in [0.717, 1.165) is 17.4 Å². The van der Waals surface area contributed by atoms with Crippen molar-refractivity contribution in [1.29, 1.82) is 0 Å². The zero-order chi connectivity index (χ0) is 16.7. The largest absolute Gasteiger partial charge is 0.207 e. The molecule has 0 saturated heterocycles. The Morgan fingerprint density at radius 1 is 0.870 bits per heavy atom. The van der Waals surface area contributed by atoms with Crippen molar-refractivity contribution in [3.63, 3.8) is 0 Å². The minimum atomic E-state index is -0.0306. The predicted octanol–water partition coefficient (Wildman–Crippen LogP) is 7.40. The maximum atomic E-state index is 13.7. The van der Waals surface area contributed by atoms with E-state index in [0.29, 0.717) is 5.92 Å². The molecular formula is C22H35F. The highest BCUT2D eigenvalue weighted by Crippen LogP contribution is 2.43. The molecular weight excluding hydrogens is 283 g/mol. The highest BCUT2D eigenvalue weighted by molar-refractivity contribution is 5.26. The van der Waals surface area contributed by atoms with Gasteiger partial charge in [0.2, 0.25) is 0 Å². The van der Waals surface area contributed by atoms with E-state index in [1.54, 1.807) is 6.07 Å². The maximum absolute atomic E-state index is 13.7. The fraction of sp³-hybridized carbons (Fsp3) is 0.727. The molecule has 0 radical (unpaired) electrons. The number of benzene rings is 1. The van der Waals surface area contributed by atoms with Crippen LogP contribution in [-0.2, 0) is 0 Å². The second kappa shape index (κ2) is 9.45. The molecule has 0 nitrogen and oxygen atoms in total. The van der Waals surface area contributed by atoms with E-state index in [2.05, 4.69) is 19.9 Å². The Labute approximate surface area is 142 Å². The van der Waals surface area contributed by atoms with E-state index >= 15 is 0 Å². The highest BCUT2D eigenvalue weighted by atomic mass is 19.1. The second-order valence-corrected chi connectivity index (χ2v) is 7.73. The van der Waals surface area contributed by atoms with Crippen molar-refractivity contribution >= 4 is 0 Å². The summed E-state index contributed by atoms with van der Waals surface area (Å²) in [7, 11) is 0. The van der Waals surface area contributed by atoms with Crippen LogP contribution in [0, 0.1) is 24.6 Å². The molecule has 1 heteroatoms. The Morgan fingerprint density at radius 3 is 2.00 bits per heavy atom. The van der Waals surface area contributed by atoms with Crippen LogP contribution in [0.2, 0.25) is 0 Å². The van der Waals surface area contributed by atoms with Gasteiger partial charge in [-0.2, -0.15) is 0 Å². The molecule has 2 fully saturated rings. The molecule has 130 valence electrons. The Morgan fingerprint density at radius 2 is 1.43 bits per heavy atom. The van der Waals surface area contributed by atoms with Gasteiger partial charge in [0.1, 0.15) is 5.82 Å². The van der Waals surface area contributed by atoms with Crippen LogP contribution in [0.3, 0.4) is 0 Å². The van der Waals surface area contributed by atoms with Gasteiger partial charge < -0.3 is 0 Å². The first-order chi connectivity index (χ1) is 11.2. The molecule has 0 spiro atoms. The number of hydrogen-bond acceptors (Lipinski definition) is 0. The number of aryl methyl sites for hydroxylation is 1. The highest BCUT2D eigenvalue weighted by Gasteiger charge is 2.29. The molecule has 23 heavy (non-hydrogen) atoms. The zero-order valence-electron chi connectivity index (χ0n) is 15.4. The summed E-state index contributed by atoms with van der Waals surface area (Å²) in [6.45, 7) is 6.10. The first-order valence-electron chi connectivity index (χ1n) is 9.91. The minimum Gasteiger partial charge on any atom is -0.207 e. The molecule has 1 aromatic carbocycles. The van der Waals surface area contributed by atoms with Gasteiger partial charge in [-0.25, -0.2) is 4.39 Å². The van der Waals surface area contributed by atoms with E-state index in [1.807, 2.05) is 13.0 Å². The third-order valence-corrected chi connectivity index (χ3v) is 5.76. The molecule has 0 N–H and O–H groups in total. The third kappa shape index (κ3) is 5.33. The molecule has 2 saturated carbocycles. The van der Waals surface area contributed by atoms with Gasteiger partial charge in [-0.15, -0.1) is 0 Å². The summed E-state index contributed by atoms with van der Waals surface area (Å²) < 4.78 is 13.7. The minimum absolute atomic E-state index is 0.0306. The van der Waals surface area contributed by atoms with Crippen molar-refractivity contribution < 1.29 is 4.39 Å². The van der Waals surface area contributed by atoms with Gasteiger partial charge in [-0.3, -0.25) is 0 Å². The smallest absolute Gasteiger partial charge is 0.126 e. The van der Waals surface area contributed by atoms with Crippen LogP contribution >= 0.6 is 0 Å². The van der Waals surface area contributed by atoms with Gasteiger partial charge in [0, 0.05) is 0 Å². The molecule has 0 amide bonds. The Hall–Kier alpha value is -0.850. The lowest BCUT2D eigenvalue weighted by Gasteiger charge is -2.36. The third-order valence-electron chi connectivity index (χ3n) is 5.76. The Bertz CT molecular complexity index is 451. The summed E-state index contributed by atoms with van der Waals surface area (Å²) in [5.41, 5.74) is 2.00. The van der Waals surface area contributed by atoms with Gasteiger partial charge in [0.25, 0.3) is 0 Å². The first kappa shape index (κ1) is 18.5. The summed E-state index contributed by atoms with van der Waals surface area (Å²) in [6, 6.07) is 5.86. The molecule has 0 aliphatic heterocycles. The van der Waals surface area contributed by atoms with E-state index in [4.69, 9.17) is 0 Å². The van der Waals surface area contributed by atoms with Crippen molar-refractivity contribution in [3.8, 4) is 0 Å². The standard InChI is InChI=1S/C19H27F.C3H8/c1-14-7-8-18(13-19(14)20)17-11-9-16(10-12-17)15-5-3-2-4-6-15;1-3-2/h7-8,13,15-17H,2-6,9-12H2,1H3;3H2,1-2H3. The average Bonchev–Trinajstić information content (AvgIpc) is 2.59. The summed E-state index contributed by atoms with van der Waals surface area (Å²) >= 11 is 0. The molecule has 3 rings (SSSR count). The molecule has 1 aromatic rings. The molecule has 0 unspecified atom stereocenters. The molecule has 0 aromatic heterocycles. The van der Waals surface area contributed by atoms with E-state index in [1.165, 1.54) is 69.8 Å². The average molecular weight is 319 g/mol. The lowest BCUT2D eigenvalue weighted by Crippen LogP contribution is -2.23. The molecule has 0 heterocycles.